The fraction of sp³-hybridized carbons (Fsp3) is 0.429. The van der Waals surface area contributed by atoms with Crippen LogP contribution >= 0.6 is 0 Å². The Morgan fingerprint density at radius 3 is 2.14 bits per heavy atom. The van der Waals surface area contributed by atoms with Gasteiger partial charge in [-0.05, 0) is 91.1 Å². The molecule has 4 rings (SSSR count). The molecule has 0 radical (unpaired) electrons. The number of alkyl halides is 3. The van der Waals surface area contributed by atoms with Gasteiger partial charge in [-0.3, -0.25) is 9.59 Å². The molecular formula is C35H42F3N3O2. The van der Waals surface area contributed by atoms with E-state index in [0.29, 0.717) is 29.7 Å². The first-order valence-corrected chi connectivity index (χ1v) is 15.4. The fourth-order valence-electron chi connectivity index (χ4n) is 5.82. The number of aryl methyl sites for hydroxylation is 2. The van der Waals surface area contributed by atoms with Gasteiger partial charge in [-0.15, -0.1) is 0 Å². The van der Waals surface area contributed by atoms with Crippen LogP contribution in [0.3, 0.4) is 0 Å². The second-order valence-corrected chi connectivity index (χ2v) is 11.2. The van der Waals surface area contributed by atoms with Crippen LogP contribution in [0, 0.1) is 0 Å². The summed E-state index contributed by atoms with van der Waals surface area (Å²) in [6.07, 6.45) is 1.45. The third-order valence-electron chi connectivity index (χ3n) is 8.31. The lowest BCUT2D eigenvalue weighted by molar-refractivity contribution is -0.137. The van der Waals surface area contributed by atoms with Gasteiger partial charge in [0.25, 0.3) is 5.91 Å². The first kappa shape index (κ1) is 32.3. The van der Waals surface area contributed by atoms with Gasteiger partial charge in [0.2, 0.25) is 5.91 Å². The van der Waals surface area contributed by atoms with Crippen LogP contribution in [0.25, 0.3) is 11.1 Å². The van der Waals surface area contributed by atoms with Crippen LogP contribution in [0.15, 0.2) is 66.7 Å². The van der Waals surface area contributed by atoms with Crippen molar-refractivity contribution in [2.75, 3.05) is 26.2 Å². The zero-order valence-electron chi connectivity index (χ0n) is 25.1. The maximum atomic E-state index is 13.2. The number of carbonyl (C=O) groups excluding carboxylic acids is 2. The highest BCUT2D eigenvalue weighted by Crippen LogP contribution is 2.32. The van der Waals surface area contributed by atoms with E-state index in [1.165, 1.54) is 28.8 Å². The van der Waals surface area contributed by atoms with Crippen LogP contribution in [0.2, 0.25) is 0 Å². The van der Waals surface area contributed by atoms with Crippen LogP contribution in [0.1, 0.15) is 72.1 Å². The number of amides is 2. The van der Waals surface area contributed by atoms with Crippen molar-refractivity contribution in [3.05, 3.63) is 94.5 Å². The Bertz CT molecular complexity index is 1340. The number of carbonyl (C=O) groups is 2. The molecule has 230 valence electrons. The van der Waals surface area contributed by atoms with Gasteiger partial charge < -0.3 is 15.5 Å². The fourth-order valence-corrected chi connectivity index (χ4v) is 5.82. The van der Waals surface area contributed by atoms with Crippen molar-refractivity contribution < 1.29 is 22.8 Å². The summed E-state index contributed by atoms with van der Waals surface area (Å²) in [5, 5.41) is 6.22. The van der Waals surface area contributed by atoms with Crippen LogP contribution in [0.4, 0.5) is 13.2 Å². The van der Waals surface area contributed by atoms with Crippen molar-refractivity contribution in [2.24, 2.45) is 0 Å². The molecule has 2 amide bonds. The van der Waals surface area contributed by atoms with Crippen molar-refractivity contribution >= 4 is 11.8 Å². The molecule has 5 nitrogen and oxygen atoms in total. The third-order valence-corrected chi connectivity index (χ3v) is 8.31. The molecule has 8 heteroatoms. The molecule has 0 unspecified atom stereocenters. The van der Waals surface area contributed by atoms with E-state index in [1.807, 2.05) is 0 Å². The minimum absolute atomic E-state index is 0.0442. The number of nitrogens with zero attached hydrogens (tertiary/aromatic N) is 1. The van der Waals surface area contributed by atoms with Gasteiger partial charge in [0.1, 0.15) is 0 Å². The molecular weight excluding hydrogens is 551 g/mol. The summed E-state index contributed by atoms with van der Waals surface area (Å²) in [4.78, 5) is 28.2. The molecule has 0 bridgehead atoms. The zero-order chi connectivity index (χ0) is 30.8. The first-order chi connectivity index (χ1) is 20.7. The van der Waals surface area contributed by atoms with E-state index < -0.39 is 11.7 Å². The van der Waals surface area contributed by atoms with Crippen molar-refractivity contribution in [1.82, 2.24) is 15.5 Å². The first-order valence-electron chi connectivity index (χ1n) is 15.4. The number of rotatable bonds is 12. The monoisotopic (exact) mass is 593 g/mol. The standard InChI is InChI=1S/C35H42F3N3O2/c1-3-25-10-9-11-26(4-2)32(25)24-33(42)39-20-7-8-21-41-22-18-29(19-23-41)40-34(43)31-13-6-5-12-30(31)27-14-16-28(17-15-27)35(36,37)38/h5-6,9-17,29H,3-4,7-8,18-24H2,1-2H3,(H,39,42)(H,40,43). The van der Waals surface area contributed by atoms with Crippen LogP contribution < -0.4 is 10.6 Å². The minimum atomic E-state index is -4.40. The topological polar surface area (TPSA) is 61.4 Å². The molecule has 43 heavy (non-hydrogen) atoms. The van der Waals surface area contributed by atoms with Crippen LogP contribution in [-0.4, -0.2) is 48.9 Å². The summed E-state index contributed by atoms with van der Waals surface area (Å²) in [5.74, 6) is -0.135. The zero-order valence-corrected chi connectivity index (χ0v) is 25.1. The summed E-state index contributed by atoms with van der Waals surface area (Å²) in [6.45, 7) is 7.63. The summed E-state index contributed by atoms with van der Waals surface area (Å²) < 4.78 is 38.9. The molecule has 2 N–H and O–H groups in total. The lowest BCUT2D eigenvalue weighted by Gasteiger charge is -2.32. The Kier molecular flexibility index (Phi) is 11.4. The van der Waals surface area contributed by atoms with Gasteiger partial charge in [-0.25, -0.2) is 0 Å². The number of halogens is 3. The maximum Gasteiger partial charge on any atom is 0.416 e. The summed E-state index contributed by atoms with van der Waals surface area (Å²) in [7, 11) is 0. The summed E-state index contributed by atoms with van der Waals surface area (Å²) in [5.41, 5.74) is 4.59. The highest BCUT2D eigenvalue weighted by molar-refractivity contribution is 6.01. The lowest BCUT2D eigenvalue weighted by atomic mass is 9.95. The number of hydrogen-bond acceptors (Lipinski definition) is 3. The van der Waals surface area contributed by atoms with Gasteiger partial charge >= 0.3 is 6.18 Å². The van der Waals surface area contributed by atoms with Crippen molar-refractivity contribution in [1.29, 1.82) is 0 Å². The van der Waals surface area contributed by atoms with Crippen LogP contribution in [-0.2, 0) is 30.2 Å². The second-order valence-electron chi connectivity index (χ2n) is 11.2. The van der Waals surface area contributed by atoms with Crippen molar-refractivity contribution in [3.63, 3.8) is 0 Å². The molecule has 0 saturated carbocycles. The second kappa shape index (κ2) is 15.2. The molecule has 0 spiro atoms. The number of hydrogen-bond donors (Lipinski definition) is 2. The lowest BCUT2D eigenvalue weighted by Crippen LogP contribution is -2.45. The molecule has 0 atom stereocenters. The molecule has 0 aliphatic carbocycles. The van der Waals surface area contributed by atoms with Gasteiger partial charge in [0.05, 0.1) is 12.0 Å². The Morgan fingerprint density at radius 1 is 0.860 bits per heavy atom. The van der Waals surface area contributed by atoms with E-state index in [4.69, 9.17) is 0 Å². The van der Waals surface area contributed by atoms with E-state index in [9.17, 15) is 22.8 Å². The average Bonchev–Trinajstić information content (AvgIpc) is 3.01. The van der Waals surface area contributed by atoms with Gasteiger partial charge in [-0.1, -0.05) is 62.4 Å². The molecule has 1 saturated heterocycles. The number of benzene rings is 3. The minimum Gasteiger partial charge on any atom is -0.356 e. The predicted octanol–water partition coefficient (Wildman–Crippen LogP) is 6.83. The van der Waals surface area contributed by atoms with E-state index in [1.54, 1.807) is 24.3 Å². The molecule has 1 fully saturated rings. The summed E-state index contributed by atoms with van der Waals surface area (Å²) in [6, 6.07) is 18.3. The largest absolute Gasteiger partial charge is 0.416 e. The number of piperidine rings is 1. The molecule has 1 aliphatic rings. The normalized spacial score (nSPS) is 14.4. The Morgan fingerprint density at radius 2 is 1.51 bits per heavy atom. The molecule has 3 aromatic rings. The van der Waals surface area contributed by atoms with Crippen molar-refractivity contribution in [2.45, 2.75) is 71.0 Å². The highest BCUT2D eigenvalue weighted by Gasteiger charge is 2.30. The van der Waals surface area contributed by atoms with Crippen molar-refractivity contribution in [3.8, 4) is 11.1 Å². The number of nitrogens with one attached hydrogen (secondary N) is 2. The van der Waals surface area contributed by atoms with Gasteiger partial charge in [0, 0.05) is 31.2 Å². The summed E-state index contributed by atoms with van der Waals surface area (Å²) >= 11 is 0. The van der Waals surface area contributed by atoms with E-state index in [0.717, 1.165) is 70.3 Å². The van der Waals surface area contributed by atoms with Gasteiger partial charge in [-0.2, -0.15) is 13.2 Å². The number of likely N-dealkylation sites (tertiary alicyclic amines) is 1. The SMILES string of the molecule is CCc1cccc(CC)c1CC(=O)NCCCCN1CCC(NC(=O)c2ccccc2-c2ccc(C(F)(F)F)cc2)CC1. The van der Waals surface area contributed by atoms with Crippen LogP contribution in [0.5, 0.6) is 0 Å². The molecule has 3 aromatic carbocycles. The molecule has 0 aromatic heterocycles. The Hall–Kier alpha value is -3.65. The maximum absolute atomic E-state index is 13.2. The smallest absolute Gasteiger partial charge is 0.356 e. The van der Waals surface area contributed by atoms with E-state index in [2.05, 4.69) is 47.6 Å². The predicted molar refractivity (Wildman–Crippen MR) is 165 cm³/mol. The van der Waals surface area contributed by atoms with Gasteiger partial charge in [0.15, 0.2) is 0 Å². The third kappa shape index (κ3) is 8.92. The average molecular weight is 594 g/mol. The Balaban J connectivity index is 1.18. The molecule has 1 aliphatic heterocycles. The Labute approximate surface area is 252 Å². The highest BCUT2D eigenvalue weighted by atomic mass is 19.4. The quantitative estimate of drug-likeness (QED) is 0.226. The van der Waals surface area contributed by atoms with E-state index in [-0.39, 0.29) is 17.9 Å². The van der Waals surface area contributed by atoms with E-state index >= 15 is 0 Å². The number of unbranched alkanes of at least 4 members (excludes halogenated alkanes) is 1. The molecule has 1 heterocycles.